The van der Waals surface area contributed by atoms with Crippen molar-refractivity contribution in [3.05, 3.63) is 50.0 Å². The predicted molar refractivity (Wildman–Crippen MR) is 76.7 cm³/mol. The largest absolute Gasteiger partial charge is 0.478 e. The van der Waals surface area contributed by atoms with Gasteiger partial charge >= 0.3 is 5.97 Å². The van der Waals surface area contributed by atoms with Gasteiger partial charge in [0.25, 0.3) is 0 Å². The number of rotatable bonds is 2. The van der Waals surface area contributed by atoms with Gasteiger partial charge in [-0.05, 0) is 18.2 Å². The first-order chi connectivity index (χ1) is 8.91. The van der Waals surface area contributed by atoms with Crippen LogP contribution in [0.2, 0.25) is 20.1 Å². The molecule has 0 radical (unpaired) electrons. The van der Waals surface area contributed by atoms with Crippen molar-refractivity contribution in [3.8, 4) is 11.3 Å². The van der Waals surface area contributed by atoms with Crippen molar-refractivity contribution in [1.29, 1.82) is 0 Å². The fourth-order valence-corrected chi connectivity index (χ4v) is 2.41. The van der Waals surface area contributed by atoms with E-state index in [0.717, 1.165) is 0 Å². The summed E-state index contributed by atoms with van der Waals surface area (Å²) in [6, 6.07) is 4.32. The van der Waals surface area contributed by atoms with Gasteiger partial charge < -0.3 is 5.11 Å². The highest BCUT2D eigenvalue weighted by Gasteiger charge is 2.20. The lowest BCUT2D eigenvalue weighted by atomic mass is 10.1. The number of carboxylic acid groups (broad SMARTS) is 1. The van der Waals surface area contributed by atoms with Gasteiger partial charge in [0.1, 0.15) is 0 Å². The minimum Gasteiger partial charge on any atom is -0.478 e. The molecular formula is C12H5Cl4NO2. The van der Waals surface area contributed by atoms with Crippen LogP contribution in [0.4, 0.5) is 0 Å². The van der Waals surface area contributed by atoms with E-state index < -0.39 is 5.97 Å². The lowest BCUT2D eigenvalue weighted by Gasteiger charge is -2.10. The number of aromatic nitrogens is 1. The molecule has 0 spiro atoms. The lowest BCUT2D eigenvalue weighted by molar-refractivity contribution is 0.0697. The van der Waals surface area contributed by atoms with Gasteiger partial charge in [-0.3, -0.25) is 4.98 Å². The third kappa shape index (κ3) is 2.79. The molecule has 7 heteroatoms. The zero-order valence-corrected chi connectivity index (χ0v) is 12.1. The van der Waals surface area contributed by atoms with Gasteiger partial charge in [-0.1, -0.05) is 46.4 Å². The summed E-state index contributed by atoms with van der Waals surface area (Å²) in [5.41, 5.74) is 0.290. The molecule has 2 aromatic rings. The highest BCUT2D eigenvalue weighted by molar-refractivity contribution is 6.46. The van der Waals surface area contributed by atoms with Gasteiger partial charge in [-0.25, -0.2) is 4.79 Å². The highest BCUT2D eigenvalue weighted by Crippen LogP contribution is 2.39. The SMILES string of the molecule is O=C(O)c1cc(Cl)cnc1-c1c(Cl)ccc(Cl)c1Cl. The number of aromatic carboxylic acids is 1. The maximum Gasteiger partial charge on any atom is 0.337 e. The van der Waals surface area contributed by atoms with E-state index in [1.54, 1.807) is 0 Å². The summed E-state index contributed by atoms with van der Waals surface area (Å²) in [6.45, 7) is 0. The molecule has 19 heavy (non-hydrogen) atoms. The van der Waals surface area contributed by atoms with Gasteiger partial charge in [-0.2, -0.15) is 0 Å². The van der Waals surface area contributed by atoms with Crippen molar-refractivity contribution in [2.24, 2.45) is 0 Å². The van der Waals surface area contributed by atoms with E-state index in [0.29, 0.717) is 0 Å². The summed E-state index contributed by atoms with van der Waals surface area (Å²) in [7, 11) is 0. The molecule has 0 aliphatic rings. The number of halogens is 4. The third-order valence-corrected chi connectivity index (χ3v) is 3.69. The standard InChI is InChI=1S/C12H5Cl4NO2/c13-5-3-6(12(18)19)11(17-4-5)9-7(14)1-2-8(15)10(9)16/h1-4H,(H,18,19). The van der Waals surface area contributed by atoms with Gasteiger partial charge in [0.2, 0.25) is 0 Å². The molecule has 0 saturated carbocycles. The molecule has 0 aliphatic heterocycles. The topological polar surface area (TPSA) is 50.2 Å². The van der Waals surface area contributed by atoms with E-state index in [1.807, 2.05) is 0 Å². The number of pyridine rings is 1. The molecular weight excluding hydrogens is 332 g/mol. The molecule has 1 aromatic carbocycles. The molecule has 0 atom stereocenters. The van der Waals surface area contributed by atoms with Crippen LogP contribution in [0.25, 0.3) is 11.3 Å². The second-order valence-electron chi connectivity index (χ2n) is 3.57. The Morgan fingerprint density at radius 2 is 1.74 bits per heavy atom. The fourth-order valence-electron chi connectivity index (χ4n) is 1.55. The molecule has 0 aliphatic carbocycles. The Morgan fingerprint density at radius 3 is 2.37 bits per heavy atom. The summed E-state index contributed by atoms with van der Waals surface area (Å²) in [5.74, 6) is -1.18. The Labute approximate surface area is 128 Å². The maximum absolute atomic E-state index is 11.2. The number of nitrogens with zero attached hydrogens (tertiary/aromatic N) is 1. The second kappa shape index (κ2) is 5.55. The molecule has 0 amide bonds. The van der Waals surface area contributed by atoms with Gasteiger partial charge in [0.15, 0.2) is 0 Å². The van der Waals surface area contributed by atoms with Crippen molar-refractivity contribution >= 4 is 52.4 Å². The van der Waals surface area contributed by atoms with Crippen molar-refractivity contribution in [2.45, 2.75) is 0 Å². The summed E-state index contributed by atoms with van der Waals surface area (Å²) >= 11 is 23.8. The predicted octanol–water partition coefficient (Wildman–Crippen LogP) is 5.06. The monoisotopic (exact) mass is 335 g/mol. The van der Waals surface area contributed by atoms with E-state index in [2.05, 4.69) is 4.98 Å². The Bertz CT molecular complexity index is 673. The summed E-state index contributed by atoms with van der Waals surface area (Å²) in [6.07, 6.45) is 1.32. The van der Waals surface area contributed by atoms with Crippen LogP contribution < -0.4 is 0 Å². The zero-order chi connectivity index (χ0) is 14.2. The smallest absolute Gasteiger partial charge is 0.337 e. The molecule has 0 bridgehead atoms. The van der Waals surface area contributed by atoms with Gasteiger partial charge in [-0.15, -0.1) is 0 Å². The Kier molecular flexibility index (Phi) is 4.21. The number of hydrogen-bond acceptors (Lipinski definition) is 2. The van der Waals surface area contributed by atoms with Crippen LogP contribution >= 0.6 is 46.4 Å². The van der Waals surface area contributed by atoms with Crippen LogP contribution in [0.1, 0.15) is 10.4 Å². The average molecular weight is 337 g/mol. The van der Waals surface area contributed by atoms with E-state index in [9.17, 15) is 9.90 Å². The first kappa shape index (κ1) is 14.4. The molecule has 0 unspecified atom stereocenters. The van der Waals surface area contributed by atoms with Gasteiger partial charge in [0, 0.05) is 11.8 Å². The second-order valence-corrected chi connectivity index (χ2v) is 5.20. The Morgan fingerprint density at radius 1 is 1.11 bits per heavy atom. The Balaban J connectivity index is 2.79. The Hall–Kier alpha value is -1.000. The molecule has 1 N–H and O–H groups in total. The average Bonchev–Trinajstić information content (AvgIpc) is 2.36. The van der Waals surface area contributed by atoms with Crippen LogP contribution in [0.5, 0.6) is 0 Å². The van der Waals surface area contributed by atoms with E-state index in [4.69, 9.17) is 46.4 Å². The third-order valence-electron chi connectivity index (χ3n) is 2.37. The van der Waals surface area contributed by atoms with E-state index >= 15 is 0 Å². The van der Waals surface area contributed by atoms with Crippen molar-refractivity contribution in [1.82, 2.24) is 4.98 Å². The van der Waals surface area contributed by atoms with Crippen molar-refractivity contribution in [2.75, 3.05) is 0 Å². The molecule has 98 valence electrons. The van der Waals surface area contributed by atoms with E-state index in [1.165, 1.54) is 24.4 Å². The van der Waals surface area contributed by atoms with Crippen LogP contribution in [-0.2, 0) is 0 Å². The molecule has 1 heterocycles. The molecule has 0 saturated heterocycles. The minimum absolute atomic E-state index is 0.0985. The number of carboxylic acids is 1. The first-order valence-electron chi connectivity index (χ1n) is 4.94. The van der Waals surface area contributed by atoms with Crippen molar-refractivity contribution < 1.29 is 9.90 Å². The van der Waals surface area contributed by atoms with E-state index in [-0.39, 0.29) is 36.9 Å². The summed E-state index contributed by atoms with van der Waals surface area (Å²) in [5, 5.41) is 10.0. The molecule has 3 nitrogen and oxygen atoms in total. The number of hydrogen-bond donors (Lipinski definition) is 1. The van der Waals surface area contributed by atoms with Gasteiger partial charge in [0.05, 0.1) is 31.3 Å². The first-order valence-corrected chi connectivity index (χ1v) is 6.45. The summed E-state index contributed by atoms with van der Waals surface area (Å²) in [4.78, 5) is 15.2. The maximum atomic E-state index is 11.2. The molecule has 2 rings (SSSR count). The fraction of sp³-hybridized carbons (Fsp3) is 0. The minimum atomic E-state index is -1.18. The number of carbonyl (C=O) groups is 1. The molecule has 1 aromatic heterocycles. The van der Waals surface area contributed by atoms with Crippen LogP contribution in [-0.4, -0.2) is 16.1 Å². The summed E-state index contributed by atoms with van der Waals surface area (Å²) < 4.78 is 0. The molecule has 0 fully saturated rings. The normalized spacial score (nSPS) is 10.5. The number of benzene rings is 1. The van der Waals surface area contributed by atoms with Crippen LogP contribution in [0.3, 0.4) is 0 Å². The lowest BCUT2D eigenvalue weighted by Crippen LogP contribution is -2.02. The van der Waals surface area contributed by atoms with Crippen LogP contribution in [0.15, 0.2) is 24.4 Å². The highest BCUT2D eigenvalue weighted by atomic mass is 35.5. The van der Waals surface area contributed by atoms with Crippen LogP contribution in [0, 0.1) is 0 Å². The quantitative estimate of drug-likeness (QED) is 0.780. The zero-order valence-electron chi connectivity index (χ0n) is 9.12. The van der Waals surface area contributed by atoms with Crippen molar-refractivity contribution in [3.63, 3.8) is 0 Å².